The van der Waals surface area contributed by atoms with Crippen LogP contribution in [0.1, 0.15) is 24.0 Å². The van der Waals surface area contributed by atoms with E-state index in [0.717, 1.165) is 57.8 Å². The van der Waals surface area contributed by atoms with Gasteiger partial charge in [-0.15, -0.1) is 6.42 Å². The number of anilines is 5. The SMILES string of the molecule is C#Cc1cc(Nc2ncc(C(F)(F)F)c(Nc3ccc4nccnc4c3P(C)(C)=O)n2)c(OC)cc1N1CCC(N2CCN(C)CC2)CC1. The second kappa shape index (κ2) is 13.8. The number of nitrogens with zero attached hydrogens (tertiary/aromatic N) is 7. The summed E-state index contributed by atoms with van der Waals surface area (Å²) < 4.78 is 61.7. The van der Waals surface area contributed by atoms with Gasteiger partial charge in [0.05, 0.1) is 35.0 Å². The van der Waals surface area contributed by atoms with E-state index >= 15 is 0 Å². The molecule has 2 saturated heterocycles. The van der Waals surface area contributed by atoms with Crippen molar-refractivity contribution >= 4 is 52.3 Å². The average Bonchev–Trinajstić information content (AvgIpc) is 3.07. The Morgan fingerprint density at radius 1 is 0.980 bits per heavy atom. The maximum absolute atomic E-state index is 14.2. The normalized spacial score (nSPS) is 16.8. The fourth-order valence-electron chi connectivity index (χ4n) is 6.53. The lowest BCUT2D eigenvalue weighted by Gasteiger charge is -2.42. The number of hydrogen-bond acceptors (Lipinski definition) is 11. The molecule has 49 heavy (non-hydrogen) atoms. The van der Waals surface area contributed by atoms with E-state index in [1.54, 1.807) is 12.1 Å². The third-order valence-electron chi connectivity index (χ3n) is 9.08. The Kier molecular flexibility index (Phi) is 9.71. The third kappa shape index (κ3) is 7.44. The molecular formula is C34H39F3N9O2P. The molecule has 0 radical (unpaired) electrons. The van der Waals surface area contributed by atoms with E-state index in [9.17, 15) is 17.7 Å². The first-order chi connectivity index (χ1) is 23.4. The van der Waals surface area contributed by atoms with Crippen LogP contribution in [-0.2, 0) is 10.7 Å². The Morgan fingerprint density at radius 3 is 2.35 bits per heavy atom. The number of aromatic nitrogens is 4. The number of benzene rings is 2. The van der Waals surface area contributed by atoms with E-state index in [0.29, 0.717) is 40.3 Å². The highest BCUT2D eigenvalue weighted by Crippen LogP contribution is 2.43. The van der Waals surface area contributed by atoms with E-state index in [1.807, 2.05) is 6.07 Å². The Labute approximate surface area is 283 Å². The summed E-state index contributed by atoms with van der Waals surface area (Å²) in [5, 5.41) is 6.05. The largest absolute Gasteiger partial charge is 0.494 e. The van der Waals surface area contributed by atoms with Gasteiger partial charge in [0.15, 0.2) is 0 Å². The molecular weight excluding hydrogens is 654 g/mol. The minimum atomic E-state index is -4.78. The second-order valence-corrected chi connectivity index (χ2v) is 15.9. The number of piperazine rings is 1. The Hall–Kier alpha value is -4.44. The van der Waals surface area contributed by atoms with E-state index in [1.165, 1.54) is 38.9 Å². The fourth-order valence-corrected chi connectivity index (χ4v) is 7.93. The zero-order valence-electron chi connectivity index (χ0n) is 27.9. The van der Waals surface area contributed by atoms with Gasteiger partial charge >= 0.3 is 6.18 Å². The van der Waals surface area contributed by atoms with Crippen LogP contribution in [0.2, 0.25) is 0 Å². The molecule has 0 saturated carbocycles. The third-order valence-corrected chi connectivity index (χ3v) is 10.6. The molecule has 15 heteroatoms. The summed E-state index contributed by atoms with van der Waals surface area (Å²) in [6, 6.07) is 7.22. The lowest BCUT2D eigenvalue weighted by molar-refractivity contribution is -0.137. The van der Waals surface area contributed by atoms with Crippen molar-refractivity contribution in [2.75, 3.05) is 82.3 Å². The Balaban J connectivity index is 1.29. The molecule has 0 aliphatic carbocycles. The number of rotatable bonds is 8. The van der Waals surface area contributed by atoms with Crippen LogP contribution in [0, 0.1) is 12.3 Å². The van der Waals surface area contributed by atoms with Gasteiger partial charge in [-0.25, -0.2) is 4.98 Å². The molecule has 2 N–H and O–H groups in total. The van der Waals surface area contributed by atoms with Crippen LogP contribution in [0.15, 0.2) is 42.9 Å². The van der Waals surface area contributed by atoms with Crippen molar-refractivity contribution in [2.45, 2.75) is 25.1 Å². The van der Waals surface area contributed by atoms with E-state index < -0.39 is 24.7 Å². The number of hydrogen-bond donors (Lipinski definition) is 2. The van der Waals surface area contributed by atoms with Crippen LogP contribution in [0.25, 0.3) is 11.0 Å². The minimum Gasteiger partial charge on any atom is -0.494 e. The first kappa shape index (κ1) is 34.4. The summed E-state index contributed by atoms with van der Waals surface area (Å²) >= 11 is 0. The van der Waals surface area contributed by atoms with Crippen molar-refractivity contribution in [3.8, 4) is 18.1 Å². The summed E-state index contributed by atoms with van der Waals surface area (Å²) in [4.78, 5) is 24.0. The number of likely N-dealkylation sites (N-methyl/N-ethyl adjacent to an activating group) is 1. The lowest BCUT2D eigenvalue weighted by Crippen LogP contribution is -2.52. The summed E-state index contributed by atoms with van der Waals surface area (Å²) in [5.41, 5.74) is 1.72. The molecule has 0 spiro atoms. The molecule has 258 valence electrons. The van der Waals surface area contributed by atoms with Gasteiger partial charge in [0.1, 0.15) is 29.8 Å². The molecule has 0 bridgehead atoms. The van der Waals surface area contributed by atoms with Crippen molar-refractivity contribution in [1.29, 1.82) is 0 Å². The van der Waals surface area contributed by atoms with Gasteiger partial charge in [0.25, 0.3) is 0 Å². The zero-order valence-corrected chi connectivity index (χ0v) is 28.8. The van der Waals surface area contributed by atoms with Crippen molar-refractivity contribution in [3.05, 3.63) is 54.0 Å². The van der Waals surface area contributed by atoms with Crippen LogP contribution in [0.5, 0.6) is 5.75 Å². The van der Waals surface area contributed by atoms with Gasteiger partial charge in [0.2, 0.25) is 5.95 Å². The predicted molar refractivity (Wildman–Crippen MR) is 187 cm³/mol. The number of halogens is 3. The highest BCUT2D eigenvalue weighted by molar-refractivity contribution is 7.71. The van der Waals surface area contributed by atoms with Gasteiger partial charge in [-0.05, 0) is 51.4 Å². The molecule has 0 unspecified atom stereocenters. The topological polar surface area (TPSA) is 112 Å². The zero-order chi connectivity index (χ0) is 34.9. The average molecular weight is 694 g/mol. The van der Waals surface area contributed by atoms with E-state index in [2.05, 4.69) is 58.2 Å². The van der Waals surface area contributed by atoms with Crippen LogP contribution in [-0.4, -0.2) is 103 Å². The maximum atomic E-state index is 14.2. The van der Waals surface area contributed by atoms with E-state index in [-0.39, 0.29) is 16.9 Å². The smallest absolute Gasteiger partial charge is 0.421 e. The number of nitrogens with one attached hydrogen (secondary N) is 2. The van der Waals surface area contributed by atoms with Gasteiger partial charge in [-0.3, -0.25) is 14.9 Å². The van der Waals surface area contributed by atoms with Crippen LogP contribution in [0.3, 0.4) is 0 Å². The number of alkyl halides is 3. The first-order valence-electron chi connectivity index (χ1n) is 16.0. The standard InChI is InChI=1S/C34H39F3N9O2P/c1-6-22-19-27(29(48-3)20-28(22)46-13-9-23(10-14-46)45-17-15-44(2)16-18-45)42-33-40-21-24(34(35,36)37)32(43-33)41-26-8-7-25-30(39-12-11-38-25)31(26)49(4,5)47/h1,7-8,11-12,19-21,23H,9-10,13-18H2,2-5H3,(H2,40,41,42,43). The van der Waals surface area contributed by atoms with Gasteiger partial charge in [0, 0.05) is 75.5 Å². The Bertz CT molecular complexity index is 1930. The number of piperidine rings is 1. The molecule has 4 heterocycles. The molecule has 0 amide bonds. The molecule has 2 aliphatic rings. The maximum Gasteiger partial charge on any atom is 0.421 e. The number of ether oxygens (including phenoxy) is 1. The molecule has 2 fully saturated rings. The summed E-state index contributed by atoms with van der Waals surface area (Å²) in [5.74, 6) is 2.54. The molecule has 4 aromatic rings. The van der Waals surface area contributed by atoms with Crippen molar-refractivity contribution in [1.82, 2.24) is 29.7 Å². The molecule has 2 aromatic carbocycles. The number of terminal acetylenes is 1. The molecule has 2 aliphatic heterocycles. The number of methoxy groups -OCH3 is 1. The summed E-state index contributed by atoms with van der Waals surface area (Å²) in [6.45, 7) is 9.02. The fraction of sp³-hybridized carbons (Fsp3) is 0.412. The quantitative estimate of drug-likeness (QED) is 0.183. The van der Waals surface area contributed by atoms with Crippen LogP contribution >= 0.6 is 7.14 Å². The van der Waals surface area contributed by atoms with Crippen molar-refractivity contribution in [2.24, 2.45) is 0 Å². The molecule has 0 atom stereocenters. The highest BCUT2D eigenvalue weighted by atomic mass is 31.2. The van der Waals surface area contributed by atoms with E-state index in [4.69, 9.17) is 11.2 Å². The second-order valence-electron chi connectivity index (χ2n) is 12.7. The molecule has 2 aromatic heterocycles. The highest BCUT2D eigenvalue weighted by Gasteiger charge is 2.36. The van der Waals surface area contributed by atoms with Crippen LogP contribution in [0.4, 0.5) is 42.0 Å². The van der Waals surface area contributed by atoms with Crippen molar-refractivity contribution in [3.63, 3.8) is 0 Å². The minimum absolute atomic E-state index is 0.129. The summed E-state index contributed by atoms with van der Waals surface area (Å²) in [7, 11) is 0.608. The van der Waals surface area contributed by atoms with Crippen molar-refractivity contribution < 1.29 is 22.5 Å². The Morgan fingerprint density at radius 2 is 1.69 bits per heavy atom. The van der Waals surface area contributed by atoms with Gasteiger partial charge < -0.3 is 29.7 Å². The molecule has 11 nitrogen and oxygen atoms in total. The lowest BCUT2D eigenvalue weighted by atomic mass is 10.00. The molecule has 6 rings (SSSR count). The van der Waals surface area contributed by atoms with Gasteiger partial charge in [-0.2, -0.15) is 18.2 Å². The monoisotopic (exact) mass is 693 g/mol. The first-order valence-corrected chi connectivity index (χ1v) is 18.6. The van der Waals surface area contributed by atoms with Gasteiger partial charge in [-0.1, -0.05) is 5.92 Å². The summed E-state index contributed by atoms with van der Waals surface area (Å²) in [6.07, 6.45) is 6.86. The number of fused-ring (bicyclic) bond motifs is 1. The van der Waals surface area contributed by atoms with Crippen LogP contribution < -0.4 is 25.6 Å². The predicted octanol–water partition coefficient (Wildman–Crippen LogP) is 5.38.